The Kier molecular flexibility index (Phi) is 5.11. The average molecular weight is 372 g/mol. The minimum Gasteiger partial charge on any atom is -0.377 e. The van der Waals surface area contributed by atoms with Crippen LogP contribution in [0, 0.1) is 11.6 Å². The van der Waals surface area contributed by atoms with Crippen LogP contribution in [0.3, 0.4) is 0 Å². The Bertz CT molecular complexity index is 828. The smallest absolute Gasteiger partial charge is 0.243 e. The fourth-order valence-corrected chi connectivity index (χ4v) is 4.50. The zero-order valence-electron chi connectivity index (χ0n) is 13.6. The summed E-state index contributed by atoms with van der Waals surface area (Å²) >= 11 is 0. The quantitative estimate of drug-likeness (QED) is 0.799. The lowest BCUT2D eigenvalue weighted by atomic mass is 10.1. The predicted molar refractivity (Wildman–Crippen MR) is 84.1 cm³/mol. The molecule has 1 saturated heterocycles. The number of sulfonamides is 1. The Morgan fingerprint density at radius 2 is 1.84 bits per heavy atom. The fraction of sp³-hybridized carbons (Fsp3) is 0.467. The summed E-state index contributed by atoms with van der Waals surface area (Å²) in [6.07, 6.45) is 2.70. The van der Waals surface area contributed by atoms with E-state index in [1.54, 1.807) is 13.4 Å². The number of hydrogen-bond donors (Lipinski definition) is 0. The van der Waals surface area contributed by atoms with Crippen LogP contribution in [0.15, 0.2) is 29.4 Å². The summed E-state index contributed by atoms with van der Waals surface area (Å²) in [6, 6.07) is 2.37. The van der Waals surface area contributed by atoms with Crippen molar-refractivity contribution in [3.05, 3.63) is 42.0 Å². The summed E-state index contributed by atoms with van der Waals surface area (Å²) in [5.74, 6) is -1.15. The molecular weight excluding hydrogens is 354 g/mol. The zero-order valence-corrected chi connectivity index (χ0v) is 14.4. The van der Waals surface area contributed by atoms with Crippen molar-refractivity contribution in [2.45, 2.75) is 30.4 Å². The van der Waals surface area contributed by atoms with Gasteiger partial charge in [-0.3, -0.25) is 0 Å². The molecule has 2 aromatic rings. The summed E-state index contributed by atoms with van der Waals surface area (Å²) in [4.78, 5) is -0.368. The minimum absolute atomic E-state index is 0.0517. The van der Waals surface area contributed by atoms with E-state index in [0.29, 0.717) is 31.3 Å². The zero-order chi connectivity index (χ0) is 18.0. The van der Waals surface area contributed by atoms with Gasteiger partial charge < -0.3 is 9.30 Å². The third-order valence-electron chi connectivity index (χ3n) is 4.21. The van der Waals surface area contributed by atoms with E-state index in [-0.39, 0.29) is 24.0 Å². The maximum atomic E-state index is 13.3. The number of rotatable bonds is 5. The lowest BCUT2D eigenvalue weighted by Crippen LogP contribution is -2.39. The number of nitrogens with zero attached hydrogens (tertiary/aromatic N) is 4. The van der Waals surface area contributed by atoms with Gasteiger partial charge >= 0.3 is 0 Å². The number of ether oxygens (including phenoxy) is 1. The van der Waals surface area contributed by atoms with Crippen LogP contribution in [0.2, 0.25) is 0 Å². The van der Waals surface area contributed by atoms with Crippen LogP contribution >= 0.6 is 0 Å². The molecular formula is C15H18F2N4O3S. The Balaban J connectivity index is 1.74. The van der Waals surface area contributed by atoms with Gasteiger partial charge in [0, 0.05) is 32.3 Å². The van der Waals surface area contributed by atoms with Crippen LogP contribution in [0.25, 0.3) is 0 Å². The minimum atomic E-state index is -3.93. The number of benzene rings is 1. The van der Waals surface area contributed by atoms with Gasteiger partial charge in [-0.05, 0) is 25.0 Å². The van der Waals surface area contributed by atoms with Crippen molar-refractivity contribution < 1.29 is 21.9 Å². The molecule has 1 aromatic heterocycles. The lowest BCUT2D eigenvalue weighted by molar-refractivity contribution is 0.167. The number of halogens is 2. The third kappa shape index (κ3) is 3.70. The van der Waals surface area contributed by atoms with Gasteiger partial charge in [-0.15, -0.1) is 10.2 Å². The van der Waals surface area contributed by atoms with Gasteiger partial charge in [0.2, 0.25) is 10.0 Å². The molecule has 3 rings (SSSR count). The fourth-order valence-electron chi connectivity index (χ4n) is 2.99. The molecule has 0 atom stereocenters. The molecule has 0 spiro atoms. The first-order valence-corrected chi connectivity index (χ1v) is 9.19. The van der Waals surface area contributed by atoms with Gasteiger partial charge in [-0.1, -0.05) is 0 Å². The standard InChI is InChI=1S/C15H18F2N4O3S/c1-24-9-15-19-18-10-21(15)13-2-4-20(5-3-13)25(22,23)14-7-11(16)6-12(17)8-14/h6-8,10,13H,2-5,9H2,1H3. The molecule has 2 heterocycles. The number of aromatic nitrogens is 3. The second-order valence-electron chi connectivity index (χ2n) is 5.83. The van der Waals surface area contributed by atoms with E-state index in [4.69, 9.17) is 4.74 Å². The van der Waals surface area contributed by atoms with Gasteiger partial charge in [0.25, 0.3) is 0 Å². The summed E-state index contributed by atoms with van der Waals surface area (Å²) < 4.78 is 60.1. The SMILES string of the molecule is COCc1nncn1C1CCN(S(=O)(=O)c2cc(F)cc(F)c2)CC1. The van der Waals surface area contributed by atoms with Crippen molar-refractivity contribution in [3.8, 4) is 0 Å². The number of piperidine rings is 1. The second-order valence-corrected chi connectivity index (χ2v) is 7.77. The van der Waals surface area contributed by atoms with Crippen LogP contribution in [0.1, 0.15) is 24.7 Å². The Hall–Kier alpha value is -1.91. The van der Waals surface area contributed by atoms with Crippen molar-refractivity contribution in [2.75, 3.05) is 20.2 Å². The largest absolute Gasteiger partial charge is 0.377 e. The Morgan fingerprint density at radius 1 is 1.20 bits per heavy atom. The van der Waals surface area contributed by atoms with E-state index in [1.165, 1.54) is 4.31 Å². The molecule has 0 amide bonds. The van der Waals surface area contributed by atoms with Crippen LogP contribution in [-0.4, -0.2) is 47.7 Å². The average Bonchev–Trinajstić information content (AvgIpc) is 3.03. The summed E-state index contributed by atoms with van der Waals surface area (Å²) in [7, 11) is -2.37. The molecule has 1 fully saturated rings. The highest BCUT2D eigenvalue weighted by Gasteiger charge is 2.31. The highest BCUT2D eigenvalue weighted by atomic mass is 32.2. The van der Waals surface area contributed by atoms with Crippen molar-refractivity contribution in [2.24, 2.45) is 0 Å². The molecule has 0 unspecified atom stereocenters. The molecule has 0 aliphatic carbocycles. The second kappa shape index (κ2) is 7.14. The summed E-state index contributed by atoms with van der Waals surface area (Å²) in [5.41, 5.74) is 0. The number of methoxy groups -OCH3 is 1. The first-order valence-electron chi connectivity index (χ1n) is 7.75. The number of hydrogen-bond acceptors (Lipinski definition) is 5. The Labute approximate surface area is 144 Å². The van der Waals surface area contributed by atoms with Crippen LogP contribution in [-0.2, 0) is 21.4 Å². The normalized spacial score (nSPS) is 17.1. The van der Waals surface area contributed by atoms with Crippen molar-refractivity contribution in [1.82, 2.24) is 19.1 Å². The maximum Gasteiger partial charge on any atom is 0.243 e. The molecule has 10 heteroatoms. The molecule has 1 aliphatic heterocycles. The molecule has 0 N–H and O–H groups in total. The van der Waals surface area contributed by atoms with Crippen molar-refractivity contribution in [1.29, 1.82) is 0 Å². The van der Waals surface area contributed by atoms with E-state index in [9.17, 15) is 17.2 Å². The van der Waals surface area contributed by atoms with Gasteiger partial charge in [-0.2, -0.15) is 4.31 Å². The Morgan fingerprint density at radius 3 is 2.44 bits per heavy atom. The molecule has 25 heavy (non-hydrogen) atoms. The van der Waals surface area contributed by atoms with Gasteiger partial charge in [-0.25, -0.2) is 17.2 Å². The first-order chi connectivity index (χ1) is 11.9. The summed E-state index contributed by atoms with van der Waals surface area (Å²) in [6.45, 7) is 0.812. The third-order valence-corrected chi connectivity index (χ3v) is 6.09. The van der Waals surface area contributed by atoms with Crippen molar-refractivity contribution >= 4 is 10.0 Å². The highest BCUT2D eigenvalue weighted by Crippen LogP contribution is 2.28. The monoisotopic (exact) mass is 372 g/mol. The topological polar surface area (TPSA) is 77.3 Å². The van der Waals surface area contributed by atoms with Crippen LogP contribution < -0.4 is 0 Å². The van der Waals surface area contributed by atoms with E-state index >= 15 is 0 Å². The molecule has 7 nitrogen and oxygen atoms in total. The molecule has 1 aliphatic rings. The molecule has 0 radical (unpaired) electrons. The predicted octanol–water partition coefficient (Wildman–Crippen LogP) is 1.73. The van der Waals surface area contributed by atoms with Gasteiger partial charge in [0.15, 0.2) is 5.82 Å². The molecule has 136 valence electrons. The molecule has 1 aromatic carbocycles. The van der Waals surface area contributed by atoms with Crippen molar-refractivity contribution in [3.63, 3.8) is 0 Å². The van der Waals surface area contributed by atoms with Gasteiger partial charge in [0.05, 0.1) is 4.90 Å². The van der Waals surface area contributed by atoms with E-state index < -0.39 is 21.7 Å². The first kappa shape index (κ1) is 17.9. The lowest BCUT2D eigenvalue weighted by Gasteiger charge is -2.32. The highest BCUT2D eigenvalue weighted by molar-refractivity contribution is 7.89. The maximum absolute atomic E-state index is 13.3. The molecule has 0 saturated carbocycles. The van der Waals surface area contributed by atoms with Gasteiger partial charge in [0.1, 0.15) is 24.6 Å². The van der Waals surface area contributed by atoms with E-state index in [1.807, 2.05) is 4.57 Å². The summed E-state index contributed by atoms with van der Waals surface area (Å²) in [5, 5.41) is 7.86. The van der Waals surface area contributed by atoms with E-state index in [0.717, 1.165) is 12.1 Å². The van der Waals surface area contributed by atoms with Crippen LogP contribution in [0.4, 0.5) is 8.78 Å². The molecule has 0 bridgehead atoms. The van der Waals surface area contributed by atoms with Crippen LogP contribution in [0.5, 0.6) is 0 Å². The van der Waals surface area contributed by atoms with E-state index in [2.05, 4.69) is 10.2 Å².